The predicted molar refractivity (Wildman–Crippen MR) is 80.0 cm³/mol. The van der Waals surface area contributed by atoms with Crippen LogP contribution in [0.15, 0.2) is 18.6 Å². The van der Waals surface area contributed by atoms with Crippen LogP contribution in [0.2, 0.25) is 0 Å². The van der Waals surface area contributed by atoms with Gasteiger partial charge in [0.25, 0.3) is 0 Å². The Labute approximate surface area is 131 Å². The summed E-state index contributed by atoms with van der Waals surface area (Å²) in [5, 5.41) is 21.8. The molecule has 2 heterocycles. The van der Waals surface area contributed by atoms with E-state index in [9.17, 15) is 14.9 Å². The average Bonchev–Trinajstić information content (AvgIpc) is 3.00. The van der Waals surface area contributed by atoms with Gasteiger partial charge in [-0.05, 0) is 13.8 Å². The lowest BCUT2D eigenvalue weighted by Gasteiger charge is -2.11. The molecule has 0 unspecified atom stereocenters. The van der Waals surface area contributed by atoms with Crippen LogP contribution in [0.25, 0.3) is 0 Å². The molecule has 0 radical (unpaired) electrons. The van der Waals surface area contributed by atoms with Crippen LogP contribution < -0.4 is 5.32 Å². The molecule has 0 saturated carbocycles. The topological polar surface area (TPSA) is 125 Å². The Kier molecular flexibility index (Phi) is 4.84. The summed E-state index contributed by atoms with van der Waals surface area (Å²) < 4.78 is 6.36. The first-order valence-electron chi connectivity index (χ1n) is 6.79. The highest BCUT2D eigenvalue weighted by molar-refractivity contribution is 5.90. The highest BCUT2D eigenvalue weighted by Crippen LogP contribution is 2.23. The van der Waals surface area contributed by atoms with Crippen LogP contribution in [0.3, 0.4) is 0 Å². The molecule has 2 aromatic rings. The third kappa shape index (κ3) is 3.59. The SMILES string of the molecule is COC(=O)c1cnc(NCc2nncn2C(C)C)c([N+](=O)[O-])c1. The second-order valence-electron chi connectivity index (χ2n) is 4.94. The van der Waals surface area contributed by atoms with Gasteiger partial charge in [-0.3, -0.25) is 10.1 Å². The molecule has 1 N–H and O–H groups in total. The minimum Gasteiger partial charge on any atom is -0.465 e. The van der Waals surface area contributed by atoms with Gasteiger partial charge in [0.15, 0.2) is 5.82 Å². The average molecular weight is 320 g/mol. The number of pyridine rings is 1. The summed E-state index contributed by atoms with van der Waals surface area (Å²) in [4.78, 5) is 25.9. The first kappa shape index (κ1) is 16.3. The van der Waals surface area contributed by atoms with E-state index in [0.29, 0.717) is 5.82 Å². The number of anilines is 1. The molecule has 122 valence electrons. The Bertz CT molecular complexity index is 727. The third-order valence-electron chi connectivity index (χ3n) is 3.10. The van der Waals surface area contributed by atoms with Crippen molar-refractivity contribution in [3.8, 4) is 0 Å². The van der Waals surface area contributed by atoms with Crippen molar-refractivity contribution in [3.05, 3.63) is 40.1 Å². The molecule has 0 fully saturated rings. The Morgan fingerprint density at radius 2 is 2.26 bits per heavy atom. The number of nitrogens with one attached hydrogen (secondary N) is 1. The van der Waals surface area contributed by atoms with E-state index in [1.165, 1.54) is 13.3 Å². The minimum absolute atomic E-state index is 0.00935. The van der Waals surface area contributed by atoms with Crippen molar-refractivity contribution >= 4 is 17.5 Å². The number of carbonyl (C=O) groups is 1. The molecule has 0 aliphatic heterocycles. The van der Waals surface area contributed by atoms with E-state index in [2.05, 4.69) is 25.2 Å². The van der Waals surface area contributed by atoms with Gasteiger partial charge in [0.1, 0.15) is 6.33 Å². The van der Waals surface area contributed by atoms with Gasteiger partial charge in [-0.2, -0.15) is 0 Å². The van der Waals surface area contributed by atoms with Crippen LogP contribution in [0.1, 0.15) is 36.1 Å². The third-order valence-corrected chi connectivity index (χ3v) is 3.10. The molecule has 0 aliphatic rings. The zero-order valence-corrected chi connectivity index (χ0v) is 12.9. The van der Waals surface area contributed by atoms with Gasteiger partial charge in [0, 0.05) is 18.3 Å². The lowest BCUT2D eigenvalue weighted by atomic mass is 10.2. The number of hydrogen-bond acceptors (Lipinski definition) is 8. The summed E-state index contributed by atoms with van der Waals surface area (Å²) in [6, 6.07) is 1.28. The molecule has 2 rings (SSSR count). The summed E-state index contributed by atoms with van der Waals surface area (Å²) in [6.45, 7) is 4.15. The number of hydrogen-bond donors (Lipinski definition) is 1. The maximum absolute atomic E-state index is 11.4. The van der Waals surface area contributed by atoms with Crippen LogP contribution in [0.4, 0.5) is 11.5 Å². The van der Waals surface area contributed by atoms with Gasteiger partial charge in [-0.25, -0.2) is 9.78 Å². The number of ether oxygens (including phenoxy) is 1. The van der Waals surface area contributed by atoms with E-state index >= 15 is 0 Å². The summed E-state index contributed by atoms with van der Waals surface area (Å²) >= 11 is 0. The molecule has 0 aliphatic carbocycles. The van der Waals surface area contributed by atoms with Gasteiger partial charge in [0.05, 0.1) is 24.1 Å². The van der Waals surface area contributed by atoms with Crippen molar-refractivity contribution in [2.45, 2.75) is 26.4 Å². The lowest BCUT2D eigenvalue weighted by Crippen LogP contribution is -2.12. The van der Waals surface area contributed by atoms with E-state index in [1.54, 1.807) is 6.33 Å². The van der Waals surface area contributed by atoms with Crippen molar-refractivity contribution in [2.75, 3.05) is 12.4 Å². The predicted octanol–water partition coefficient (Wildman–Crippen LogP) is 1.56. The molecule has 0 aromatic carbocycles. The van der Waals surface area contributed by atoms with E-state index in [1.807, 2.05) is 18.4 Å². The minimum atomic E-state index is -0.688. The second kappa shape index (κ2) is 6.81. The van der Waals surface area contributed by atoms with Crippen LogP contribution >= 0.6 is 0 Å². The van der Waals surface area contributed by atoms with Gasteiger partial charge in [0.2, 0.25) is 5.82 Å². The smallest absolute Gasteiger partial charge is 0.339 e. The van der Waals surface area contributed by atoms with Gasteiger partial charge in [-0.15, -0.1) is 10.2 Å². The number of aromatic nitrogens is 4. The first-order valence-corrected chi connectivity index (χ1v) is 6.79. The number of methoxy groups -OCH3 is 1. The standard InChI is InChI=1S/C13H16N6O4/c1-8(2)18-7-16-17-11(18)6-15-12-10(19(21)22)4-9(5-14-12)13(20)23-3/h4-5,7-8H,6H2,1-3H3,(H,14,15). The number of nitro groups is 1. The zero-order chi connectivity index (χ0) is 17.0. The van der Waals surface area contributed by atoms with Crippen LogP contribution in [-0.4, -0.2) is 37.8 Å². The molecule has 23 heavy (non-hydrogen) atoms. The molecule has 0 amide bonds. The molecule has 0 bridgehead atoms. The lowest BCUT2D eigenvalue weighted by molar-refractivity contribution is -0.384. The fraction of sp³-hybridized carbons (Fsp3) is 0.385. The van der Waals surface area contributed by atoms with Crippen LogP contribution in [0, 0.1) is 10.1 Å². The molecular weight excluding hydrogens is 304 g/mol. The Morgan fingerprint density at radius 1 is 1.52 bits per heavy atom. The molecule has 0 spiro atoms. The quantitative estimate of drug-likeness (QED) is 0.483. The fourth-order valence-corrected chi connectivity index (χ4v) is 1.95. The van der Waals surface area contributed by atoms with E-state index in [4.69, 9.17) is 0 Å². The number of nitrogens with zero attached hydrogens (tertiary/aromatic N) is 5. The normalized spacial score (nSPS) is 10.6. The maximum Gasteiger partial charge on any atom is 0.339 e. The Morgan fingerprint density at radius 3 is 2.87 bits per heavy atom. The highest BCUT2D eigenvalue weighted by atomic mass is 16.6. The van der Waals surface area contributed by atoms with E-state index < -0.39 is 10.9 Å². The molecule has 0 atom stereocenters. The number of rotatable bonds is 6. The number of carbonyl (C=O) groups excluding carboxylic acids is 1. The van der Waals surface area contributed by atoms with Crippen molar-refractivity contribution in [1.29, 1.82) is 0 Å². The van der Waals surface area contributed by atoms with Crippen molar-refractivity contribution < 1.29 is 14.5 Å². The van der Waals surface area contributed by atoms with Crippen molar-refractivity contribution in [1.82, 2.24) is 19.7 Å². The van der Waals surface area contributed by atoms with Crippen LogP contribution in [-0.2, 0) is 11.3 Å². The summed E-state index contributed by atoms with van der Waals surface area (Å²) in [5.41, 5.74) is -0.307. The van der Waals surface area contributed by atoms with E-state index in [0.717, 1.165) is 6.07 Å². The maximum atomic E-state index is 11.4. The van der Waals surface area contributed by atoms with Gasteiger partial charge < -0.3 is 14.6 Å². The van der Waals surface area contributed by atoms with Gasteiger partial charge in [-0.1, -0.05) is 0 Å². The Hall–Kier alpha value is -3.04. The van der Waals surface area contributed by atoms with Crippen molar-refractivity contribution in [2.24, 2.45) is 0 Å². The van der Waals surface area contributed by atoms with Gasteiger partial charge >= 0.3 is 11.7 Å². The first-order chi connectivity index (χ1) is 10.9. The summed E-state index contributed by atoms with van der Waals surface area (Å²) in [6.07, 6.45) is 2.80. The monoisotopic (exact) mass is 320 g/mol. The van der Waals surface area contributed by atoms with Crippen molar-refractivity contribution in [3.63, 3.8) is 0 Å². The van der Waals surface area contributed by atoms with E-state index in [-0.39, 0.29) is 29.7 Å². The fourth-order valence-electron chi connectivity index (χ4n) is 1.95. The largest absolute Gasteiger partial charge is 0.465 e. The highest BCUT2D eigenvalue weighted by Gasteiger charge is 2.20. The second-order valence-corrected chi connectivity index (χ2v) is 4.94. The van der Waals surface area contributed by atoms with Crippen LogP contribution in [0.5, 0.6) is 0 Å². The summed E-state index contributed by atoms with van der Waals surface area (Å²) in [5.74, 6) is -0.0270. The number of esters is 1. The molecular formula is C13H16N6O4. The summed E-state index contributed by atoms with van der Waals surface area (Å²) in [7, 11) is 1.19. The molecule has 10 nitrogen and oxygen atoms in total. The Balaban J connectivity index is 2.24. The molecule has 2 aromatic heterocycles. The zero-order valence-electron chi connectivity index (χ0n) is 12.9. The molecule has 0 saturated heterocycles. The molecule has 10 heteroatoms.